The summed E-state index contributed by atoms with van der Waals surface area (Å²) in [6.45, 7) is 1.31. The molecule has 5 rings (SSSR count). The van der Waals surface area contributed by atoms with Crippen molar-refractivity contribution < 1.29 is 4.79 Å². The molecule has 0 aliphatic carbocycles. The first-order valence-electron chi connectivity index (χ1n) is 10.1. The summed E-state index contributed by atoms with van der Waals surface area (Å²) in [6, 6.07) is 25.5. The Kier molecular flexibility index (Phi) is 5.02. The van der Waals surface area contributed by atoms with E-state index in [9.17, 15) is 4.79 Å². The fourth-order valence-corrected chi connectivity index (χ4v) is 3.61. The summed E-state index contributed by atoms with van der Waals surface area (Å²) in [6.07, 6.45) is 5.55. The highest BCUT2D eigenvalue weighted by Crippen LogP contribution is 2.16. The first kappa shape index (κ1) is 18.8. The highest BCUT2D eigenvalue weighted by molar-refractivity contribution is 6.04. The Morgan fingerprint density at radius 2 is 1.71 bits per heavy atom. The lowest BCUT2D eigenvalue weighted by Crippen LogP contribution is -2.12. The van der Waals surface area contributed by atoms with Crippen LogP contribution in [-0.4, -0.2) is 25.5 Å². The molecule has 0 saturated carbocycles. The van der Waals surface area contributed by atoms with Gasteiger partial charge in [0, 0.05) is 29.0 Å². The van der Waals surface area contributed by atoms with Crippen LogP contribution in [0.1, 0.15) is 21.5 Å². The van der Waals surface area contributed by atoms with E-state index in [0.717, 1.165) is 27.7 Å². The Hall–Kier alpha value is -4.19. The SMILES string of the molecule is O=C(Nc1ccc(Cn2cccn2)cc1)c1cccc(Cn2ncc3ccccc32)c1. The number of carbonyl (C=O) groups is 1. The second kappa shape index (κ2) is 8.28. The van der Waals surface area contributed by atoms with Gasteiger partial charge in [-0.25, -0.2) is 0 Å². The highest BCUT2D eigenvalue weighted by Gasteiger charge is 2.09. The predicted octanol–water partition coefficient (Wildman–Crippen LogP) is 4.58. The van der Waals surface area contributed by atoms with Crippen LogP contribution in [0.2, 0.25) is 0 Å². The maximum Gasteiger partial charge on any atom is 0.255 e. The summed E-state index contributed by atoms with van der Waals surface area (Å²) >= 11 is 0. The van der Waals surface area contributed by atoms with Crippen LogP contribution in [0.3, 0.4) is 0 Å². The maximum atomic E-state index is 12.8. The first-order chi connectivity index (χ1) is 15.2. The van der Waals surface area contributed by atoms with E-state index in [4.69, 9.17) is 0 Å². The molecule has 0 bridgehead atoms. The van der Waals surface area contributed by atoms with Gasteiger partial charge >= 0.3 is 0 Å². The molecule has 0 radical (unpaired) electrons. The molecule has 0 aliphatic rings. The topological polar surface area (TPSA) is 64.7 Å². The van der Waals surface area contributed by atoms with Crippen LogP contribution in [0.5, 0.6) is 0 Å². The fourth-order valence-electron chi connectivity index (χ4n) is 3.61. The van der Waals surface area contributed by atoms with Crippen LogP contribution in [0, 0.1) is 0 Å². The summed E-state index contributed by atoms with van der Waals surface area (Å²) in [5, 5.41) is 12.8. The number of amides is 1. The summed E-state index contributed by atoms with van der Waals surface area (Å²) in [5.74, 6) is -0.132. The van der Waals surface area contributed by atoms with Crippen LogP contribution >= 0.6 is 0 Å². The molecule has 6 heteroatoms. The monoisotopic (exact) mass is 407 g/mol. The summed E-state index contributed by atoms with van der Waals surface area (Å²) < 4.78 is 3.81. The van der Waals surface area contributed by atoms with Gasteiger partial charge in [0.25, 0.3) is 5.91 Å². The van der Waals surface area contributed by atoms with Crippen molar-refractivity contribution in [3.05, 3.63) is 114 Å². The zero-order chi connectivity index (χ0) is 21.0. The number of carbonyl (C=O) groups excluding carboxylic acids is 1. The molecule has 1 N–H and O–H groups in total. The van der Waals surface area contributed by atoms with E-state index in [1.807, 2.05) is 94.6 Å². The third-order valence-corrected chi connectivity index (χ3v) is 5.19. The average Bonchev–Trinajstić information content (AvgIpc) is 3.46. The van der Waals surface area contributed by atoms with Gasteiger partial charge in [-0.1, -0.05) is 42.5 Å². The van der Waals surface area contributed by atoms with Gasteiger partial charge in [0.2, 0.25) is 0 Å². The Morgan fingerprint density at radius 1 is 0.839 bits per heavy atom. The van der Waals surface area contributed by atoms with Gasteiger partial charge < -0.3 is 5.32 Å². The minimum atomic E-state index is -0.132. The molecular weight excluding hydrogens is 386 g/mol. The summed E-state index contributed by atoms with van der Waals surface area (Å²) in [7, 11) is 0. The van der Waals surface area contributed by atoms with Gasteiger partial charge in [-0.05, 0) is 47.5 Å². The van der Waals surface area contributed by atoms with Crippen molar-refractivity contribution in [3.63, 3.8) is 0 Å². The van der Waals surface area contributed by atoms with Crippen molar-refractivity contribution >= 4 is 22.5 Å². The van der Waals surface area contributed by atoms with Crippen LogP contribution in [0.4, 0.5) is 5.69 Å². The molecule has 31 heavy (non-hydrogen) atoms. The third-order valence-electron chi connectivity index (χ3n) is 5.19. The molecule has 0 saturated heterocycles. The molecule has 0 fully saturated rings. The molecule has 0 aliphatic heterocycles. The number of hydrogen-bond donors (Lipinski definition) is 1. The molecule has 2 heterocycles. The first-order valence-corrected chi connectivity index (χ1v) is 10.1. The van der Waals surface area contributed by atoms with Gasteiger partial charge in [-0.15, -0.1) is 0 Å². The zero-order valence-corrected chi connectivity index (χ0v) is 16.8. The minimum Gasteiger partial charge on any atom is -0.322 e. The third kappa shape index (κ3) is 4.23. The quantitative estimate of drug-likeness (QED) is 0.448. The van der Waals surface area contributed by atoms with E-state index < -0.39 is 0 Å². The van der Waals surface area contributed by atoms with Crippen molar-refractivity contribution in [1.82, 2.24) is 19.6 Å². The average molecular weight is 407 g/mol. The van der Waals surface area contributed by atoms with Crippen molar-refractivity contribution in [2.45, 2.75) is 13.1 Å². The van der Waals surface area contributed by atoms with E-state index in [-0.39, 0.29) is 5.91 Å². The van der Waals surface area contributed by atoms with E-state index in [0.29, 0.717) is 18.7 Å². The molecule has 2 aromatic heterocycles. The molecule has 0 spiro atoms. The van der Waals surface area contributed by atoms with Crippen molar-refractivity contribution in [3.8, 4) is 0 Å². The highest BCUT2D eigenvalue weighted by atomic mass is 16.1. The molecule has 1 amide bonds. The number of anilines is 1. The number of nitrogens with one attached hydrogen (secondary N) is 1. The van der Waals surface area contributed by atoms with E-state index in [1.54, 1.807) is 6.20 Å². The van der Waals surface area contributed by atoms with Gasteiger partial charge in [-0.3, -0.25) is 14.2 Å². The van der Waals surface area contributed by atoms with Crippen LogP contribution in [0.25, 0.3) is 10.9 Å². The fraction of sp³-hybridized carbons (Fsp3) is 0.0800. The number of para-hydroxylation sites is 1. The number of rotatable bonds is 6. The molecule has 0 atom stereocenters. The van der Waals surface area contributed by atoms with Gasteiger partial charge in [0.05, 0.1) is 24.8 Å². The second-order valence-corrected chi connectivity index (χ2v) is 7.42. The van der Waals surface area contributed by atoms with E-state index >= 15 is 0 Å². The van der Waals surface area contributed by atoms with Crippen LogP contribution < -0.4 is 5.32 Å². The standard InChI is InChI=1S/C25H21N5O/c31-25(28-23-11-9-19(10-12-23)17-29-14-4-13-26-29)21-7-3-5-20(15-21)18-30-24-8-2-1-6-22(24)16-27-30/h1-16H,17-18H2,(H,28,31). The van der Waals surface area contributed by atoms with Gasteiger partial charge in [-0.2, -0.15) is 10.2 Å². The maximum absolute atomic E-state index is 12.8. The summed E-state index contributed by atoms with van der Waals surface area (Å²) in [4.78, 5) is 12.8. The lowest BCUT2D eigenvalue weighted by atomic mass is 10.1. The normalized spacial score (nSPS) is 11.0. The van der Waals surface area contributed by atoms with Crippen molar-refractivity contribution in [1.29, 1.82) is 0 Å². The van der Waals surface area contributed by atoms with Crippen LogP contribution in [0.15, 0.2) is 97.5 Å². The molecule has 3 aromatic carbocycles. The van der Waals surface area contributed by atoms with Gasteiger partial charge in [0.15, 0.2) is 0 Å². The molecule has 152 valence electrons. The number of aromatic nitrogens is 4. The molecule has 5 aromatic rings. The number of benzene rings is 3. The second-order valence-electron chi connectivity index (χ2n) is 7.42. The number of fused-ring (bicyclic) bond motifs is 1. The molecule has 0 unspecified atom stereocenters. The lowest BCUT2D eigenvalue weighted by Gasteiger charge is -2.09. The Morgan fingerprint density at radius 3 is 2.55 bits per heavy atom. The smallest absolute Gasteiger partial charge is 0.255 e. The summed E-state index contributed by atoms with van der Waals surface area (Å²) in [5.41, 5.74) is 4.60. The van der Waals surface area contributed by atoms with Crippen molar-refractivity contribution in [2.24, 2.45) is 0 Å². The van der Waals surface area contributed by atoms with E-state index in [2.05, 4.69) is 21.6 Å². The Bertz CT molecular complexity index is 1320. The van der Waals surface area contributed by atoms with Gasteiger partial charge in [0.1, 0.15) is 0 Å². The minimum absolute atomic E-state index is 0.132. The molecule has 6 nitrogen and oxygen atoms in total. The zero-order valence-electron chi connectivity index (χ0n) is 16.8. The number of hydrogen-bond acceptors (Lipinski definition) is 3. The predicted molar refractivity (Wildman–Crippen MR) is 121 cm³/mol. The largest absolute Gasteiger partial charge is 0.322 e. The Labute approximate surface area is 179 Å². The van der Waals surface area contributed by atoms with E-state index in [1.165, 1.54) is 0 Å². The number of nitrogens with zero attached hydrogens (tertiary/aromatic N) is 4. The Balaban J connectivity index is 1.27. The lowest BCUT2D eigenvalue weighted by molar-refractivity contribution is 0.102. The van der Waals surface area contributed by atoms with Crippen LogP contribution in [-0.2, 0) is 13.1 Å². The van der Waals surface area contributed by atoms with Crippen molar-refractivity contribution in [2.75, 3.05) is 5.32 Å². The molecular formula is C25H21N5O.